The minimum absolute atomic E-state index is 0.0218. The number of hydrogen-bond acceptors (Lipinski definition) is 4. The van der Waals surface area contributed by atoms with Gasteiger partial charge in [-0.15, -0.1) is 0 Å². The number of ether oxygens (including phenoxy) is 1. The molecule has 5 heteroatoms. The summed E-state index contributed by atoms with van der Waals surface area (Å²) in [6.07, 6.45) is 2.08. The average Bonchev–Trinajstić information content (AvgIpc) is 2.80. The van der Waals surface area contributed by atoms with E-state index in [-0.39, 0.29) is 12.1 Å². The van der Waals surface area contributed by atoms with Crippen molar-refractivity contribution in [3.63, 3.8) is 0 Å². The highest BCUT2D eigenvalue weighted by atomic mass is 32.2. The topological polar surface area (TPSA) is 41.6 Å². The van der Waals surface area contributed by atoms with Gasteiger partial charge in [-0.25, -0.2) is 0 Å². The summed E-state index contributed by atoms with van der Waals surface area (Å²) in [5.41, 5.74) is 2.21. The molecule has 1 aliphatic rings. The number of benzene rings is 1. The van der Waals surface area contributed by atoms with Gasteiger partial charge in [-0.2, -0.15) is 11.8 Å². The third-order valence-corrected chi connectivity index (χ3v) is 4.68. The maximum Gasteiger partial charge on any atom is 0.238 e. The Morgan fingerprint density at radius 1 is 1.52 bits per heavy atom. The summed E-state index contributed by atoms with van der Waals surface area (Å²) in [4.78, 5) is 14.1. The molecule has 1 fully saturated rings. The molecule has 2 atom stereocenters. The molecule has 0 aromatic heterocycles. The van der Waals surface area contributed by atoms with Crippen LogP contribution in [0.15, 0.2) is 18.2 Å². The van der Waals surface area contributed by atoms with E-state index in [9.17, 15) is 4.79 Å². The number of methoxy groups -OCH3 is 1. The standard InChI is InChI=1S/C16H24N2O2S/c1-11(10-21-4)9-18-15(19)8-17-16(18)13-5-6-14(20-3)12(2)7-13/h5-7,11,16-17H,8-10H2,1-4H3. The number of carbonyl (C=O) groups is 1. The van der Waals surface area contributed by atoms with Crippen LogP contribution in [0.1, 0.15) is 24.2 Å². The van der Waals surface area contributed by atoms with Crippen molar-refractivity contribution >= 4 is 17.7 Å². The molecule has 1 aliphatic heterocycles. The quantitative estimate of drug-likeness (QED) is 0.876. The van der Waals surface area contributed by atoms with E-state index in [1.165, 1.54) is 0 Å². The first-order chi connectivity index (χ1) is 10.1. The highest BCUT2D eigenvalue weighted by Gasteiger charge is 2.32. The molecule has 1 heterocycles. The number of thioether (sulfide) groups is 1. The van der Waals surface area contributed by atoms with Crippen molar-refractivity contribution in [3.05, 3.63) is 29.3 Å². The summed E-state index contributed by atoms with van der Waals surface area (Å²) in [7, 11) is 1.68. The van der Waals surface area contributed by atoms with Crippen LogP contribution < -0.4 is 10.1 Å². The molecule has 2 unspecified atom stereocenters. The molecule has 21 heavy (non-hydrogen) atoms. The highest BCUT2D eigenvalue weighted by molar-refractivity contribution is 7.98. The van der Waals surface area contributed by atoms with Crippen molar-refractivity contribution in [2.75, 3.05) is 32.2 Å². The molecule has 0 radical (unpaired) electrons. The zero-order chi connectivity index (χ0) is 15.4. The number of carbonyl (C=O) groups excluding carboxylic acids is 1. The predicted molar refractivity (Wildman–Crippen MR) is 87.7 cm³/mol. The molecule has 1 amide bonds. The second kappa shape index (κ2) is 7.18. The molecule has 1 N–H and O–H groups in total. The average molecular weight is 308 g/mol. The maximum absolute atomic E-state index is 12.1. The van der Waals surface area contributed by atoms with Gasteiger partial charge in [0, 0.05) is 6.54 Å². The van der Waals surface area contributed by atoms with Gasteiger partial charge in [0.05, 0.1) is 13.7 Å². The number of nitrogens with one attached hydrogen (secondary N) is 1. The van der Waals surface area contributed by atoms with Crippen LogP contribution in [0, 0.1) is 12.8 Å². The van der Waals surface area contributed by atoms with Gasteiger partial charge in [0.2, 0.25) is 5.91 Å². The Morgan fingerprint density at radius 2 is 2.29 bits per heavy atom. The zero-order valence-corrected chi connectivity index (χ0v) is 14.0. The Kier molecular flexibility index (Phi) is 5.53. The largest absolute Gasteiger partial charge is 0.496 e. The fourth-order valence-corrected chi connectivity index (χ4v) is 3.46. The second-order valence-corrected chi connectivity index (χ2v) is 6.53. The number of amides is 1. The van der Waals surface area contributed by atoms with Crippen molar-refractivity contribution in [1.82, 2.24) is 10.2 Å². The molecule has 2 rings (SSSR count). The lowest BCUT2D eigenvalue weighted by molar-refractivity contribution is -0.128. The van der Waals surface area contributed by atoms with Crippen molar-refractivity contribution in [2.45, 2.75) is 20.0 Å². The van der Waals surface area contributed by atoms with Gasteiger partial charge in [0.1, 0.15) is 11.9 Å². The van der Waals surface area contributed by atoms with Crippen LogP contribution in [0.5, 0.6) is 5.75 Å². The molecule has 0 bridgehead atoms. The van der Waals surface area contributed by atoms with Crippen LogP contribution in [-0.4, -0.2) is 43.0 Å². The van der Waals surface area contributed by atoms with Crippen molar-refractivity contribution < 1.29 is 9.53 Å². The summed E-state index contributed by atoms with van der Waals surface area (Å²) in [6, 6.07) is 6.11. The Hall–Kier alpha value is -1.20. The molecule has 0 saturated carbocycles. The SMILES string of the molecule is COc1ccc(C2NCC(=O)N2CC(C)CSC)cc1C. The molecule has 1 aromatic rings. The lowest BCUT2D eigenvalue weighted by atomic mass is 10.1. The van der Waals surface area contributed by atoms with Gasteiger partial charge < -0.3 is 9.64 Å². The van der Waals surface area contributed by atoms with Crippen molar-refractivity contribution in [1.29, 1.82) is 0 Å². The van der Waals surface area contributed by atoms with Crippen LogP contribution in [-0.2, 0) is 4.79 Å². The van der Waals surface area contributed by atoms with Crippen molar-refractivity contribution in [2.24, 2.45) is 5.92 Å². The molecular weight excluding hydrogens is 284 g/mol. The minimum Gasteiger partial charge on any atom is -0.496 e. The van der Waals surface area contributed by atoms with E-state index in [1.807, 2.05) is 35.7 Å². The lowest BCUT2D eigenvalue weighted by Gasteiger charge is -2.27. The number of nitrogens with zero attached hydrogens (tertiary/aromatic N) is 1. The number of hydrogen-bond donors (Lipinski definition) is 1. The number of aryl methyl sites for hydroxylation is 1. The van der Waals surface area contributed by atoms with E-state index in [2.05, 4.69) is 24.6 Å². The van der Waals surface area contributed by atoms with Crippen LogP contribution in [0.4, 0.5) is 0 Å². The van der Waals surface area contributed by atoms with Gasteiger partial charge in [-0.1, -0.05) is 13.0 Å². The highest BCUT2D eigenvalue weighted by Crippen LogP contribution is 2.28. The van der Waals surface area contributed by atoms with Crippen LogP contribution >= 0.6 is 11.8 Å². The molecule has 0 spiro atoms. The summed E-state index contributed by atoms with van der Waals surface area (Å²) >= 11 is 1.82. The number of rotatable bonds is 6. The Bertz CT molecular complexity index is 507. The fraction of sp³-hybridized carbons (Fsp3) is 0.562. The first-order valence-corrected chi connectivity index (χ1v) is 8.62. The predicted octanol–water partition coefficient (Wildman–Crippen LogP) is 2.43. The Morgan fingerprint density at radius 3 is 2.90 bits per heavy atom. The van der Waals surface area contributed by atoms with Gasteiger partial charge >= 0.3 is 0 Å². The summed E-state index contributed by atoms with van der Waals surface area (Å²) in [5, 5.41) is 3.31. The van der Waals surface area contributed by atoms with Crippen LogP contribution in [0.3, 0.4) is 0 Å². The molecule has 116 valence electrons. The zero-order valence-electron chi connectivity index (χ0n) is 13.2. The van der Waals surface area contributed by atoms with E-state index in [0.717, 1.165) is 29.2 Å². The second-order valence-electron chi connectivity index (χ2n) is 5.62. The van der Waals surface area contributed by atoms with Crippen LogP contribution in [0.25, 0.3) is 0 Å². The normalized spacial score (nSPS) is 19.9. The lowest BCUT2D eigenvalue weighted by Crippen LogP contribution is -2.34. The van der Waals surface area contributed by atoms with Gasteiger partial charge in [0.15, 0.2) is 0 Å². The molecule has 4 nitrogen and oxygen atoms in total. The van der Waals surface area contributed by atoms with E-state index in [1.54, 1.807) is 7.11 Å². The van der Waals surface area contributed by atoms with Crippen molar-refractivity contribution in [3.8, 4) is 5.75 Å². The van der Waals surface area contributed by atoms with E-state index in [0.29, 0.717) is 12.5 Å². The summed E-state index contributed by atoms with van der Waals surface area (Å²) in [6.45, 7) is 5.43. The maximum atomic E-state index is 12.1. The van der Waals surface area contributed by atoms with Gasteiger partial charge in [-0.3, -0.25) is 10.1 Å². The Balaban J connectivity index is 2.17. The van der Waals surface area contributed by atoms with E-state index >= 15 is 0 Å². The molecule has 1 aromatic carbocycles. The third-order valence-electron chi connectivity index (χ3n) is 3.77. The smallest absolute Gasteiger partial charge is 0.238 e. The first kappa shape index (κ1) is 16.2. The molecule has 1 saturated heterocycles. The summed E-state index contributed by atoms with van der Waals surface area (Å²) < 4.78 is 5.30. The Labute approximate surface area is 131 Å². The van der Waals surface area contributed by atoms with Gasteiger partial charge in [0.25, 0.3) is 0 Å². The monoisotopic (exact) mass is 308 g/mol. The third kappa shape index (κ3) is 3.71. The first-order valence-electron chi connectivity index (χ1n) is 7.23. The molecular formula is C16H24N2O2S. The molecule has 0 aliphatic carbocycles. The van der Waals surface area contributed by atoms with Gasteiger partial charge in [-0.05, 0) is 48.1 Å². The fourth-order valence-electron chi connectivity index (χ4n) is 2.79. The van der Waals surface area contributed by atoms with Crippen LogP contribution in [0.2, 0.25) is 0 Å². The minimum atomic E-state index is -0.0218. The van der Waals surface area contributed by atoms with E-state index in [4.69, 9.17) is 4.74 Å². The summed E-state index contributed by atoms with van der Waals surface area (Å²) in [5.74, 6) is 2.62. The van der Waals surface area contributed by atoms with E-state index < -0.39 is 0 Å².